The molecule has 0 bridgehead atoms. The summed E-state index contributed by atoms with van der Waals surface area (Å²) in [6.45, 7) is 17.7. The Morgan fingerprint density at radius 1 is 1.19 bits per heavy atom. The van der Waals surface area contributed by atoms with Crippen molar-refractivity contribution in [1.82, 2.24) is 9.88 Å². The number of piperidine rings is 1. The lowest BCUT2D eigenvalue weighted by Gasteiger charge is -2.48. The van der Waals surface area contributed by atoms with Gasteiger partial charge in [0.1, 0.15) is 0 Å². The van der Waals surface area contributed by atoms with Gasteiger partial charge >= 0.3 is 0 Å². The van der Waals surface area contributed by atoms with Gasteiger partial charge in [0, 0.05) is 36.7 Å². The minimum Gasteiger partial charge on any atom is -0.371 e. The zero-order chi connectivity index (χ0) is 22.9. The first kappa shape index (κ1) is 23.0. The molecule has 1 atom stereocenters. The highest BCUT2D eigenvalue weighted by molar-refractivity contribution is 5.63. The lowest BCUT2D eigenvalue weighted by molar-refractivity contribution is -0.0424. The highest BCUT2D eigenvalue weighted by Gasteiger charge is 2.42. The first-order valence-corrected chi connectivity index (χ1v) is 12.4. The van der Waals surface area contributed by atoms with E-state index < -0.39 is 0 Å². The van der Waals surface area contributed by atoms with Gasteiger partial charge in [0.25, 0.3) is 0 Å². The van der Waals surface area contributed by atoms with Crippen molar-refractivity contribution in [2.24, 2.45) is 11.3 Å². The normalized spacial score (nSPS) is 20.1. The van der Waals surface area contributed by atoms with Crippen LogP contribution in [0.25, 0.3) is 5.70 Å². The molecule has 1 aliphatic carbocycles. The molecule has 2 aliphatic rings. The standard InChI is InChI=1S/C29H40N2O/c1-20(2)15-24-7-8-25(16-22(24)5)23(6)31-13-10-29(11-14-31)17-26-9-12-30-19-27(26)28(18-29)32-21(3)4/h7-9,12,16,19-21,28H,6,10-11,13-15,17-18H2,1-5H3. The number of hydrogen-bond acceptors (Lipinski definition) is 3. The topological polar surface area (TPSA) is 25.4 Å². The molecule has 0 radical (unpaired) electrons. The summed E-state index contributed by atoms with van der Waals surface area (Å²) < 4.78 is 6.37. The lowest BCUT2D eigenvalue weighted by atomic mass is 9.65. The molecule has 1 fully saturated rings. The first-order chi connectivity index (χ1) is 15.3. The number of nitrogens with zero attached hydrogens (tertiary/aromatic N) is 2. The zero-order valence-electron chi connectivity index (χ0n) is 20.7. The highest BCUT2D eigenvalue weighted by atomic mass is 16.5. The average molecular weight is 433 g/mol. The Kier molecular flexibility index (Phi) is 6.76. The van der Waals surface area contributed by atoms with Crippen LogP contribution in [0.3, 0.4) is 0 Å². The molecule has 32 heavy (non-hydrogen) atoms. The summed E-state index contributed by atoms with van der Waals surface area (Å²) >= 11 is 0. The Hall–Kier alpha value is -2.13. The van der Waals surface area contributed by atoms with Gasteiger partial charge in [0.2, 0.25) is 0 Å². The number of pyridine rings is 1. The van der Waals surface area contributed by atoms with Crippen LogP contribution in [-0.4, -0.2) is 29.1 Å². The maximum Gasteiger partial charge on any atom is 0.0851 e. The SMILES string of the molecule is C=C(c1ccc(CC(C)C)c(C)c1)N1CCC2(CC1)Cc1ccncc1C(OC(C)C)C2. The van der Waals surface area contributed by atoms with E-state index in [-0.39, 0.29) is 12.2 Å². The summed E-state index contributed by atoms with van der Waals surface area (Å²) in [6, 6.07) is 9.12. The van der Waals surface area contributed by atoms with Gasteiger partial charge in [-0.15, -0.1) is 0 Å². The van der Waals surface area contributed by atoms with E-state index in [1.54, 1.807) is 0 Å². The summed E-state index contributed by atoms with van der Waals surface area (Å²) in [6.07, 6.45) is 10.1. The van der Waals surface area contributed by atoms with Gasteiger partial charge in [-0.1, -0.05) is 32.6 Å². The van der Waals surface area contributed by atoms with Crippen LogP contribution in [-0.2, 0) is 17.6 Å². The molecule has 1 aromatic heterocycles. The van der Waals surface area contributed by atoms with Crippen molar-refractivity contribution in [2.75, 3.05) is 13.1 Å². The number of aromatic nitrogens is 1. The monoisotopic (exact) mass is 432 g/mol. The fourth-order valence-electron chi connectivity index (χ4n) is 5.67. The first-order valence-electron chi connectivity index (χ1n) is 12.4. The fourth-order valence-corrected chi connectivity index (χ4v) is 5.67. The van der Waals surface area contributed by atoms with Gasteiger partial charge in [-0.3, -0.25) is 4.98 Å². The van der Waals surface area contributed by atoms with Crippen molar-refractivity contribution in [1.29, 1.82) is 0 Å². The second kappa shape index (κ2) is 9.39. The second-order valence-corrected chi connectivity index (χ2v) is 10.8. The molecule has 1 aliphatic heterocycles. The van der Waals surface area contributed by atoms with Crippen LogP contribution in [0.4, 0.5) is 0 Å². The molecule has 0 amide bonds. The van der Waals surface area contributed by atoms with Crippen LogP contribution in [0.5, 0.6) is 0 Å². The van der Waals surface area contributed by atoms with Gasteiger partial charge in [-0.05, 0) is 98.6 Å². The van der Waals surface area contributed by atoms with E-state index in [1.165, 1.54) is 46.4 Å². The minimum absolute atomic E-state index is 0.165. The Morgan fingerprint density at radius 2 is 1.94 bits per heavy atom. The van der Waals surface area contributed by atoms with Gasteiger partial charge in [0.05, 0.1) is 12.2 Å². The average Bonchev–Trinajstić information content (AvgIpc) is 2.74. The molecule has 1 aromatic carbocycles. The minimum atomic E-state index is 0.165. The Labute approximate surface area is 194 Å². The third-order valence-corrected chi connectivity index (χ3v) is 7.42. The molecular weight excluding hydrogens is 392 g/mol. The Balaban J connectivity index is 1.45. The van der Waals surface area contributed by atoms with Crippen molar-refractivity contribution in [3.05, 3.63) is 71.1 Å². The Bertz CT molecular complexity index is 953. The molecule has 1 unspecified atom stereocenters. The number of aryl methyl sites for hydroxylation is 1. The molecule has 1 saturated heterocycles. The summed E-state index contributed by atoms with van der Waals surface area (Å²) in [4.78, 5) is 6.89. The van der Waals surface area contributed by atoms with Crippen molar-refractivity contribution in [3.63, 3.8) is 0 Å². The number of rotatable bonds is 6. The van der Waals surface area contributed by atoms with Gasteiger partial charge in [-0.2, -0.15) is 0 Å². The quantitative estimate of drug-likeness (QED) is 0.504. The van der Waals surface area contributed by atoms with Gasteiger partial charge in [0.15, 0.2) is 0 Å². The predicted molar refractivity (Wildman–Crippen MR) is 134 cm³/mol. The van der Waals surface area contributed by atoms with E-state index >= 15 is 0 Å². The van der Waals surface area contributed by atoms with Crippen LogP contribution < -0.4 is 0 Å². The van der Waals surface area contributed by atoms with Crippen LogP contribution in [0.15, 0.2) is 43.2 Å². The summed E-state index contributed by atoms with van der Waals surface area (Å²) in [5, 5.41) is 0. The third-order valence-electron chi connectivity index (χ3n) is 7.42. The van der Waals surface area contributed by atoms with E-state index in [2.05, 4.69) is 75.3 Å². The molecule has 4 rings (SSSR count). The number of ether oxygens (including phenoxy) is 1. The van der Waals surface area contributed by atoms with Crippen molar-refractivity contribution in [2.45, 2.75) is 78.9 Å². The number of benzene rings is 1. The lowest BCUT2D eigenvalue weighted by Crippen LogP contribution is -2.43. The van der Waals surface area contributed by atoms with Gasteiger partial charge in [-0.25, -0.2) is 0 Å². The molecule has 172 valence electrons. The molecule has 2 heterocycles. The highest BCUT2D eigenvalue weighted by Crippen LogP contribution is 2.49. The second-order valence-electron chi connectivity index (χ2n) is 10.8. The van der Waals surface area contributed by atoms with Crippen LogP contribution >= 0.6 is 0 Å². The largest absolute Gasteiger partial charge is 0.371 e. The van der Waals surface area contributed by atoms with E-state index in [9.17, 15) is 0 Å². The number of hydrogen-bond donors (Lipinski definition) is 0. The summed E-state index contributed by atoms with van der Waals surface area (Å²) in [7, 11) is 0. The van der Waals surface area contributed by atoms with Crippen molar-refractivity contribution >= 4 is 5.70 Å². The Morgan fingerprint density at radius 3 is 2.59 bits per heavy atom. The van der Waals surface area contributed by atoms with Crippen LogP contribution in [0.2, 0.25) is 0 Å². The summed E-state index contributed by atoms with van der Waals surface area (Å²) in [5.74, 6) is 0.681. The molecule has 2 aromatic rings. The molecule has 0 saturated carbocycles. The van der Waals surface area contributed by atoms with E-state index in [0.29, 0.717) is 11.3 Å². The molecule has 1 spiro atoms. The van der Waals surface area contributed by atoms with Gasteiger partial charge < -0.3 is 9.64 Å². The van der Waals surface area contributed by atoms with Crippen molar-refractivity contribution < 1.29 is 4.74 Å². The molecule has 0 N–H and O–H groups in total. The fraction of sp³-hybridized carbons (Fsp3) is 0.552. The van der Waals surface area contributed by atoms with E-state index in [1.807, 2.05) is 12.4 Å². The maximum absolute atomic E-state index is 6.37. The maximum atomic E-state index is 6.37. The van der Waals surface area contributed by atoms with Crippen molar-refractivity contribution in [3.8, 4) is 0 Å². The molecule has 3 heteroatoms. The third kappa shape index (κ3) is 4.93. The molecular formula is C29H40N2O. The van der Waals surface area contributed by atoms with E-state index in [0.717, 1.165) is 32.4 Å². The van der Waals surface area contributed by atoms with Crippen LogP contribution in [0.1, 0.15) is 80.9 Å². The smallest absolute Gasteiger partial charge is 0.0851 e. The van der Waals surface area contributed by atoms with E-state index in [4.69, 9.17) is 4.74 Å². The number of fused-ring (bicyclic) bond motifs is 1. The van der Waals surface area contributed by atoms with Crippen LogP contribution in [0, 0.1) is 18.3 Å². The predicted octanol–water partition coefficient (Wildman–Crippen LogP) is 6.75. The molecule has 3 nitrogen and oxygen atoms in total. The summed E-state index contributed by atoms with van der Waals surface area (Å²) in [5.41, 5.74) is 8.34. The number of likely N-dealkylation sites (tertiary alicyclic amines) is 1. The zero-order valence-corrected chi connectivity index (χ0v) is 20.7.